The third kappa shape index (κ3) is 3.73. The summed E-state index contributed by atoms with van der Waals surface area (Å²) in [6, 6.07) is 4.24. The molecule has 1 aliphatic rings. The van der Waals surface area contributed by atoms with Gasteiger partial charge in [-0.1, -0.05) is 0 Å². The summed E-state index contributed by atoms with van der Waals surface area (Å²) in [5.74, 6) is 0.255. The fourth-order valence-electron chi connectivity index (χ4n) is 2.73. The number of carbonyl (C=O) groups is 1. The van der Waals surface area contributed by atoms with E-state index in [2.05, 4.69) is 0 Å². The summed E-state index contributed by atoms with van der Waals surface area (Å²) in [6.45, 7) is 4.95. The number of benzene rings is 1. The molecule has 0 aromatic heterocycles. The number of nitrogens with two attached hydrogens (primary N) is 1. The Morgan fingerprint density at radius 3 is 2.86 bits per heavy atom. The number of carbonyl (C=O) groups excluding carboxylic acids is 1. The van der Waals surface area contributed by atoms with Crippen LogP contribution in [0.1, 0.15) is 32.3 Å². The van der Waals surface area contributed by atoms with Gasteiger partial charge in [0.1, 0.15) is 5.75 Å². The van der Waals surface area contributed by atoms with Crippen molar-refractivity contribution in [3.63, 3.8) is 0 Å². The molecule has 0 bridgehead atoms. The van der Waals surface area contributed by atoms with E-state index in [1.165, 1.54) is 12.1 Å². The zero-order valence-electron chi connectivity index (χ0n) is 12.8. The summed E-state index contributed by atoms with van der Waals surface area (Å²) in [5.41, 5.74) is 6.14. The Morgan fingerprint density at radius 2 is 2.27 bits per heavy atom. The minimum atomic E-state index is -0.432. The first-order valence-corrected chi connectivity index (χ1v) is 7.36. The van der Waals surface area contributed by atoms with Crippen LogP contribution < -0.4 is 10.5 Å². The first kappa shape index (κ1) is 16.2. The molecule has 120 valence electrons. The van der Waals surface area contributed by atoms with Crippen molar-refractivity contribution in [1.82, 2.24) is 4.90 Å². The van der Waals surface area contributed by atoms with Crippen LogP contribution in [0.3, 0.4) is 0 Å². The van der Waals surface area contributed by atoms with Crippen molar-refractivity contribution in [2.75, 3.05) is 6.54 Å². The molecule has 0 saturated carbocycles. The van der Waals surface area contributed by atoms with Crippen molar-refractivity contribution in [3.05, 3.63) is 33.9 Å². The molecule has 1 atom stereocenters. The molecule has 1 saturated heterocycles. The average molecular weight is 307 g/mol. The SMILES string of the molecule is CC(C)Oc1ccc([N+](=O)[O-])cc1CN1CCC[C@H]1C(N)=O. The summed E-state index contributed by atoms with van der Waals surface area (Å²) in [4.78, 5) is 24.0. The van der Waals surface area contributed by atoms with Crippen molar-refractivity contribution in [2.24, 2.45) is 5.73 Å². The number of amides is 1. The number of likely N-dealkylation sites (tertiary alicyclic amines) is 1. The number of nitro benzene ring substituents is 1. The molecular formula is C15H21N3O4. The van der Waals surface area contributed by atoms with Gasteiger partial charge < -0.3 is 10.5 Å². The van der Waals surface area contributed by atoms with E-state index >= 15 is 0 Å². The average Bonchev–Trinajstić information content (AvgIpc) is 2.88. The Labute approximate surface area is 129 Å². The Morgan fingerprint density at radius 1 is 1.55 bits per heavy atom. The number of hydrogen-bond donors (Lipinski definition) is 1. The topological polar surface area (TPSA) is 98.7 Å². The maximum Gasteiger partial charge on any atom is 0.270 e. The normalized spacial score (nSPS) is 18.6. The van der Waals surface area contributed by atoms with Gasteiger partial charge >= 0.3 is 0 Å². The van der Waals surface area contributed by atoms with E-state index in [4.69, 9.17) is 10.5 Å². The van der Waals surface area contributed by atoms with Crippen LogP contribution in [-0.2, 0) is 11.3 Å². The first-order chi connectivity index (χ1) is 10.4. The zero-order valence-corrected chi connectivity index (χ0v) is 12.8. The lowest BCUT2D eigenvalue weighted by molar-refractivity contribution is -0.385. The third-order valence-corrected chi connectivity index (χ3v) is 3.68. The molecule has 22 heavy (non-hydrogen) atoms. The molecule has 7 nitrogen and oxygen atoms in total. The lowest BCUT2D eigenvalue weighted by Crippen LogP contribution is -2.39. The predicted molar refractivity (Wildman–Crippen MR) is 81.5 cm³/mol. The van der Waals surface area contributed by atoms with Gasteiger partial charge in [0, 0.05) is 24.2 Å². The van der Waals surface area contributed by atoms with Crippen LogP contribution in [0.2, 0.25) is 0 Å². The van der Waals surface area contributed by atoms with Crippen LogP contribution in [0.25, 0.3) is 0 Å². The molecule has 0 aliphatic carbocycles. The smallest absolute Gasteiger partial charge is 0.270 e. The summed E-state index contributed by atoms with van der Waals surface area (Å²) < 4.78 is 5.72. The van der Waals surface area contributed by atoms with E-state index in [0.29, 0.717) is 17.9 Å². The van der Waals surface area contributed by atoms with Crippen molar-refractivity contribution in [3.8, 4) is 5.75 Å². The van der Waals surface area contributed by atoms with E-state index in [0.717, 1.165) is 19.4 Å². The maximum absolute atomic E-state index is 11.5. The fourth-order valence-corrected chi connectivity index (χ4v) is 2.73. The highest BCUT2D eigenvalue weighted by Crippen LogP contribution is 2.29. The lowest BCUT2D eigenvalue weighted by Gasteiger charge is -2.23. The molecule has 1 aromatic rings. The van der Waals surface area contributed by atoms with Gasteiger partial charge in [0.15, 0.2) is 0 Å². The van der Waals surface area contributed by atoms with Gasteiger partial charge in [-0.25, -0.2) is 0 Å². The molecule has 0 spiro atoms. The molecule has 1 aromatic carbocycles. The Kier molecular flexibility index (Phi) is 4.97. The molecular weight excluding hydrogens is 286 g/mol. The van der Waals surface area contributed by atoms with Crippen LogP contribution in [-0.4, -0.2) is 34.4 Å². The fraction of sp³-hybridized carbons (Fsp3) is 0.533. The Bertz CT molecular complexity index is 574. The predicted octanol–water partition coefficient (Wildman–Crippen LogP) is 1.83. The second kappa shape index (κ2) is 6.74. The quantitative estimate of drug-likeness (QED) is 0.638. The molecule has 1 amide bonds. The molecule has 2 N–H and O–H groups in total. The van der Waals surface area contributed by atoms with E-state index in [9.17, 15) is 14.9 Å². The van der Waals surface area contributed by atoms with Gasteiger partial charge in [-0.15, -0.1) is 0 Å². The first-order valence-electron chi connectivity index (χ1n) is 7.36. The minimum absolute atomic E-state index is 0.0147. The van der Waals surface area contributed by atoms with Gasteiger partial charge in [0.25, 0.3) is 5.69 Å². The highest BCUT2D eigenvalue weighted by molar-refractivity contribution is 5.80. The van der Waals surface area contributed by atoms with E-state index in [1.54, 1.807) is 6.07 Å². The van der Waals surface area contributed by atoms with Gasteiger partial charge in [0.2, 0.25) is 5.91 Å². The summed E-state index contributed by atoms with van der Waals surface area (Å²) in [5, 5.41) is 11.0. The zero-order chi connectivity index (χ0) is 16.3. The molecule has 1 fully saturated rings. The standard InChI is InChI=1S/C15H21N3O4/c1-10(2)22-14-6-5-12(18(20)21)8-11(14)9-17-7-3-4-13(17)15(16)19/h5-6,8,10,13H,3-4,7,9H2,1-2H3,(H2,16,19)/t13-/m0/s1. The van der Waals surface area contributed by atoms with Crippen molar-refractivity contribution in [2.45, 2.75) is 45.4 Å². The highest BCUT2D eigenvalue weighted by Gasteiger charge is 2.30. The summed E-state index contributed by atoms with van der Waals surface area (Å²) >= 11 is 0. The van der Waals surface area contributed by atoms with E-state index in [1.807, 2.05) is 18.7 Å². The second-order valence-electron chi connectivity index (χ2n) is 5.75. The third-order valence-electron chi connectivity index (χ3n) is 3.68. The van der Waals surface area contributed by atoms with Crippen LogP contribution in [0.15, 0.2) is 18.2 Å². The minimum Gasteiger partial charge on any atom is -0.491 e. The number of non-ortho nitro benzene ring substituents is 1. The largest absolute Gasteiger partial charge is 0.491 e. The molecule has 2 rings (SSSR count). The molecule has 0 unspecified atom stereocenters. The molecule has 7 heteroatoms. The lowest BCUT2D eigenvalue weighted by atomic mass is 10.1. The van der Waals surface area contributed by atoms with Crippen LogP contribution in [0.4, 0.5) is 5.69 Å². The number of hydrogen-bond acceptors (Lipinski definition) is 5. The van der Waals surface area contributed by atoms with Gasteiger partial charge in [-0.05, 0) is 39.3 Å². The number of ether oxygens (including phenoxy) is 1. The van der Waals surface area contributed by atoms with Gasteiger partial charge in [-0.2, -0.15) is 0 Å². The number of primary amides is 1. The number of nitro groups is 1. The van der Waals surface area contributed by atoms with Crippen LogP contribution in [0.5, 0.6) is 5.75 Å². The number of nitrogens with zero attached hydrogens (tertiary/aromatic N) is 2. The molecule has 0 radical (unpaired) electrons. The summed E-state index contributed by atoms with van der Waals surface area (Å²) in [7, 11) is 0. The Balaban J connectivity index is 2.28. The van der Waals surface area contributed by atoms with E-state index < -0.39 is 4.92 Å². The Hall–Kier alpha value is -2.15. The highest BCUT2D eigenvalue weighted by atomic mass is 16.6. The van der Waals surface area contributed by atoms with E-state index in [-0.39, 0.29) is 23.7 Å². The maximum atomic E-state index is 11.5. The number of rotatable bonds is 6. The van der Waals surface area contributed by atoms with Gasteiger partial charge in [-0.3, -0.25) is 19.8 Å². The van der Waals surface area contributed by atoms with Crippen LogP contribution in [0, 0.1) is 10.1 Å². The van der Waals surface area contributed by atoms with Crippen molar-refractivity contribution in [1.29, 1.82) is 0 Å². The van der Waals surface area contributed by atoms with Crippen molar-refractivity contribution < 1.29 is 14.5 Å². The second-order valence-corrected chi connectivity index (χ2v) is 5.75. The molecule has 1 heterocycles. The molecule has 1 aliphatic heterocycles. The monoisotopic (exact) mass is 307 g/mol. The van der Waals surface area contributed by atoms with Crippen molar-refractivity contribution >= 4 is 11.6 Å². The van der Waals surface area contributed by atoms with Gasteiger partial charge in [0.05, 0.1) is 17.1 Å². The van der Waals surface area contributed by atoms with Crippen LogP contribution >= 0.6 is 0 Å². The summed E-state index contributed by atoms with van der Waals surface area (Å²) in [6.07, 6.45) is 1.58.